The molecule has 0 aliphatic rings. The molecular weight excluding hydrogens is 224 g/mol. The van der Waals surface area contributed by atoms with Crippen LogP contribution in [0, 0.1) is 0 Å². The van der Waals surface area contributed by atoms with E-state index in [1.165, 1.54) is 11.3 Å². The van der Waals surface area contributed by atoms with E-state index in [0.717, 1.165) is 16.2 Å². The molecule has 0 unspecified atom stereocenters. The minimum absolute atomic E-state index is 0.0473. The van der Waals surface area contributed by atoms with E-state index in [-0.39, 0.29) is 6.61 Å². The zero-order valence-electron chi connectivity index (χ0n) is 8.59. The van der Waals surface area contributed by atoms with Crippen LogP contribution in [0.1, 0.15) is 10.4 Å². The Bertz CT molecular complexity index is 453. The van der Waals surface area contributed by atoms with Gasteiger partial charge in [-0.05, 0) is 17.7 Å². The summed E-state index contributed by atoms with van der Waals surface area (Å²) in [6.07, 6.45) is 1.71. The lowest BCUT2D eigenvalue weighted by Crippen LogP contribution is -1.93. The first-order valence-electron chi connectivity index (χ1n) is 4.80. The van der Waals surface area contributed by atoms with E-state index in [4.69, 9.17) is 15.6 Å². The number of thiazole rings is 1. The van der Waals surface area contributed by atoms with Crippen molar-refractivity contribution in [2.24, 2.45) is 0 Å². The predicted octanol–water partition coefficient (Wildman–Crippen LogP) is 1.80. The molecular formula is C11H12N2O2S. The highest BCUT2D eigenvalue weighted by Crippen LogP contribution is 2.18. The zero-order valence-corrected chi connectivity index (χ0v) is 9.41. The first-order valence-corrected chi connectivity index (χ1v) is 5.62. The first-order chi connectivity index (χ1) is 7.78. The highest BCUT2D eigenvalue weighted by atomic mass is 32.1. The van der Waals surface area contributed by atoms with E-state index in [1.807, 2.05) is 24.3 Å². The molecule has 0 saturated heterocycles. The van der Waals surface area contributed by atoms with Gasteiger partial charge in [-0.15, -0.1) is 0 Å². The van der Waals surface area contributed by atoms with Gasteiger partial charge in [0, 0.05) is 6.20 Å². The number of anilines is 1. The molecule has 1 heterocycles. The summed E-state index contributed by atoms with van der Waals surface area (Å²) in [5.74, 6) is 0.768. The molecule has 5 heteroatoms. The van der Waals surface area contributed by atoms with Gasteiger partial charge in [0.1, 0.15) is 12.4 Å². The van der Waals surface area contributed by atoms with Crippen LogP contribution in [0.5, 0.6) is 5.75 Å². The van der Waals surface area contributed by atoms with Crippen molar-refractivity contribution in [2.75, 3.05) is 5.73 Å². The van der Waals surface area contributed by atoms with E-state index in [1.54, 1.807) is 6.20 Å². The normalized spacial score (nSPS) is 10.3. The highest BCUT2D eigenvalue weighted by Gasteiger charge is 2.00. The number of aliphatic hydroxyl groups excluding tert-OH is 1. The van der Waals surface area contributed by atoms with Gasteiger partial charge in [-0.3, -0.25) is 0 Å². The van der Waals surface area contributed by atoms with Crippen LogP contribution in [0.25, 0.3) is 0 Å². The number of nitrogens with two attached hydrogens (primary N) is 1. The third kappa shape index (κ3) is 2.71. The average Bonchev–Trinajstić information content (AvgIpc) is 2.73. The van der Waals surface area contributed by atoms with Crippen LogP contribution in [0.15, 0.2) is 30.5 Å². The molecule has 0 amide bonds. The molecule has 1 aromatic heterocycles. The minimum atomic E-state index is 0.0473. The third-order valence-electron chi connectivity index (χ3n) is 2.06. The molecule has 0 saturated carbocycles. The van der Waals surface area contributed by atoms with Crippen LogP contribution in [0.2, 0.25) is 0 Å². The van der Waals surface area contributed by atoms with Crippen LogP contribution in [0.3, 0.4) is 0 Å². The summed E-state index contributed by atoms with van der Waals surface area (Å²) in [6, 6.07) is 7.32. The Hall–Kier alpha value is -1.59. The summed E-state index contributed by atoms with van der Waals surface area (Å²) < 4.78 is 5.54. The number of hydrogen-bond donors (Lipinski definition) is 2. The molecule has 0 fully saturated rings. The predicted molar refractivity (Wildman–Crippen MR) is 63.2 cm³/mol. The summed E-state index contributed by atoms with van der Waals surface area (Å²) in [7, 11) is 0. The highest BCUT2D eigenvalue weighted by molar-refractivity contribution is 7.15. The van der Waals surface area contributed by atoms with Crippen molar-refractivity contribution in [3.63, 3.8) is 0 Å². The van der Waals surface area contributed by atoms with Crippen LogP contribution in [0.4, 0.5) is 5.13 Å². The molecule has 0 aliphatic carbocycles. The van der Waals surface area contributed by atoms with Crippen LogP contribution < -0.4 is 10.5 Å². The second-order valence-electron chi connectivity index (χ2n) is 3.26. The van der Waals surface area contributed by atoms with Crippen molar-refractivity contribution >= 4 is 16.5 Å². The molecule has 2 aromatic rings. The summed E-state index contributed by atoms with van der Waals surface area (Å²) in [6.45, 7) is 0.513. The smallest absolute Gasteiger partial charge is 0.180 e. The number of nitrogens with zero attached hydrogens (tertiary/aromatic N) is 1. The van der Waals surface area contributed by atoms with Gasteiger partial charge in [-0.1, -0.05) is 23.5 Å². The van der Waals surface area contributed by atoms with E-state index < -0.39 is 0 Å². The van der Waals surface area contributed by atoms with Crippen molar-refractivity contribution in [3.05, 3.63) is 40.9 Å². The molecule has 0 spiro atoms. The Morgan fingerprint density at radius 1 is 1.31 bits per heavy atom. The van der Waals surface area contributed by atoms with Crippen LogP contribution >= 0.6 is 11.3 Å². The largest absolute Gasteiger partial charge is 0.488 e. The van der Waals surface area contributed by atoms with Crippen molar-refractivity contribution < 1.29 is 9.84 Å². The summed E-state index contributed by atoms with van der Waals surface area (Å²) >= 11 is 1.42. The number of rotatable bonds is 4. The molecule has 16 heavy (non-hydrogen) atoms. The van der Waals surface area contributed by atoms with E-state index in [9.17, 15) is 0 Å². The van der Waals surface area contributed by atoms with Gasteiger partial charge in [-0.25, -0.2) is 4.98 Å². The fourth-order valence-electron chi connectivity index (χ4n) is 1.23. The first kappa shape index (κ1) is 10.9. The quantitative estimate of drug-likeness (QED) is 0.849. The number of hydrogen-bond acceptors (Lipinski definition) is 5. The van der Waals surface area contributed by atoms with Gasteiger partial charge in [0.15, 0.2) is 5.13 Å². The summed E-state index contributed by atoms with van der Waals surface area (Å²) in [4.78, 5) is 4.93. The fourth-order valence-corrected chi connectivity index (χ4v) is 1.83. The topological polar surface area (TPSA) is 68.4 Å². The number of nitrogen functional groups attached to an aromatic ring is 1. The van der Waals surface area contributed by atoms with Crippen LogP contribution in [-0.2, 0) is 13.2 Å². The number of aromatic nitrogens is 1. The molecule has 1 aromatic carbocycles. The van der Waals surface area contributed by atoms with E-state index in [2.05, 4.69) is 4.98 Å². The fraction of sp³-hybridized carbons (Fsp3) is 0.182. The maximum atomic E-state index is 8.88. The van der Waals surface area contributed by atoms with Crippen molar-refractivity contribution in [1.29, 1.82) is 0 Å². The number of benzene rings is 1. The lowest BCUT2D eigenvalue weighted by molar-refractivity contribution is 0.281. The Kier molecular flexibility index (Phi) is 3.38. The molecule has 0 aliphatic heterocycles. The summed E-state index contributed by atoms with van der Waals surface area (Å²) in [5, 5.41) is 9.43. The second-order valence-corrected chi connectivity index (χ2v) is 4.40. The van der Waals surface area contributed by atoms with Crippen molar-refractivity contribution in [1.82, 2.24) is 4.98 Å². The summed E-state index contributed by atoms with van der Waals surface area (Å²) in [5.41, 5.74) is 6.38. The maximum Gasteiger partial charge on any atom is 0.180 e. The molecule has 84 valence electrons. The van der Waals surface area contributed by atoms with Gasteiger partial charge in [0.25, 0.3) is 0 Å². The molecule has 0 radical (unpaired) electrons. The Balaban J connectivity index is 1.94. The van der Waals surface area contributed by atoms with Gasteiger partial charge in [0.2, 0.25) is 0 Å². The van der Waals surface area contributed by atoms with Gasteiger partial charge in [-0.2, -0.15) is 0 Å². The monoisotopic (exact) mass is 236 g/mol. The second kappa shape index (κ2) is 4.96. The SMILES string of the molecule is Nc1ncc(COc2ccc(CO)cc2)s1. The molecule has 4 nitrogen and oxygen atoms in total. The van der Waals surface area contributed by atoms with Crippen molar-refractivity contribution in [3.8, 4) is 5.75 Å². The van der Waals surface area contributed by atoms with Crippen molar-refractivity contribution in [2.45, 2.75) is 13.2 Å². The molecule has 3 N–H and O–H groups in total. The molecule has 0 bridgehead atoms. The minimum Gasteiger partial charge on any atom is -0.488 e. The standard InChI is InChI=1S/C11H12N2O2S/c12-11-13-5-10(16-11)7-15-9-3-1-8(6-14)2-4-9/h1-5,14H,6-7H2,(H2,12,13). The van der Waals surface area contributed by atoms with Gasteiger partial charge < -0.3 is 15.6 Å². The lowest BCUT2D eigenvalue weighted by atomic mass is 10.2. The van der Waals surface area contributed by atoms with Gasteiger partial charge in [0.05, 0.1) is 11.5 Å². The molecule has 2 rings (SSSR count). The Morgan fingerprint density at radius 2 is 2.06 bits per heavy atom. The Morgan fingerprint density at radius 3 is 2.62 bits per heavy atom. The van der Waals surface area contributed by atoms with Crippen LogP contribution in [-0.4, -0.2) is 10.1 Å². The van der Waals surface area contributed by atoms with E-state index >= 15 is 0 Å². The van der Waals surface area contributed by atoms with Gasteiger partial charge >= 0.3 is 0 Å². The maximum absolute atomic E-state index is 8.88. The average molecular weight is 236 g/mol. The number of ether oxygens (including phenoxy) is 1. The van der Waals surface area contributed by atoms with E-state index in [0.29, 0.717) is 11.7 Å². The zero-order chi connectivity index (χ0) is 11.4. The number of aliphatic hydroxyl groups is 1. The Labute approximate surface area is 97.3 Å². The molecule has 0 atom stereocenters. The third-order valence-corrected chi connectivity index (χ3v) is 2.86. The lowest BCUT2D eigenvalue weighted by Gasteiger charge is -2.04.